The van der Waals surface area contributed by atoms with Crippen molar-refractivity contribution >= 4 is 0 Å². The summed E-state index contributed by atoms with van der Waals surface area (Å²) < 4.78 is 30.9. The van der Waals surface area contributed by atoms with E-state index >= 15 is 0 Å². The Balaban J connectivity index is 2.19. The second-order valence-electron chi connectivity index (χ2n) is 4.34. The molecule has 1 saturated carbocycles. The third-order valence-electron chi connectivity index (χ3n) is 2.92. The Hall–Kier alpha value is -0.180. The van der Waals surface area contributed by atoms with E-state index in [2.05, 4.69) is 0 Å². The van der Waals surface area contributed by atoms with E-state index in [0.29, 0.717) is 19.4 Å². The molecule has 0 aromatic heterocycles. The van der Waals surface area contributed by atoms with Crippen molar-refractivity contribution in [2.45, 2.75) is 38.2 Å². The lowest BCUT2D eigenvalue weighted by atomic mass is 9.61. The zero-order chi connectivity index (χ0) is 8.33. The smallest absolute Gasteiger partial charge is 0.273 e. The molecule has 0 amide bonds. The zero-order valence-corrected chi connectivity index (χ0v) is 6.79. The highest BCUT2D eigenvalue weighted by atomic mass is 19.3. The molecule has 0 aromatic rings. The Kier molecular flexibility index (Phi) is 1.09. The van der Waals surface area contributed by atoms with Gasteiger partial charge in [-0.2, -0.15) is 0 Å². The van der Waals surface area contributed by atoms with Crippen molar-refractivity contribution in [3.05, 3.63) is 0 Å². The van der Waals surface area contributed by atoms with E-state index in [1.807, 2.05) is 6.92 Å². The molecule has 2 saturated heterocycles. The van der Waals surface area contributed by atoms with Crippen LogP contribution in [-0.4, -0.2) is 18.1 Å². The Morgan fingerprint density at radius 2 is 1.91 bits per heavy atom. The van der Waals surface area contributed by atoms with E-state index in [4.69, 9.17) is 4.74 Å². The predicted molar refractivity (Wildman–Crippen MR) is 36.6 cm³/mol. The van der Waals surface area contributed by atoms with E-state index in [1.54, 1.807) is 0 Å². The third-order valence-corrected chi connectivity index (χ3v) is 2.92. The average molecular weight is 162 g/mol. The van der Waals surface area contributed by atoms with Gasteiger partial charge in [0.15, 0.2) is 0 Å². The fourth-order valence-corrected chi connectivity index (χ4v) is 2.28. The maximum Gasteiger partial charge on any atom is 0.273 e. The molecular weight excluding hydrogens is 150 g/mol. The molecule has 3 heteroatoms. The third kappa shape index (κ3) is 0.776. The van der Waals surface area contributed by atoms with Gasteiger partial charge in [-0.15, -0.1) is 0 Å². The van der Waals surface area contributed by atoms with Crippen LogP contribution in [-0.2, 0) is 4.74 Å². The zero-order valence-electron chi connectivity index (χ0n) is 6.79. The molecule has 3 rings (SSSR count). The summed E-state index contributed by atoms with van der Waals surface area (Å²) in [4.78, 5) is 0. The van der Waals surface area contributed by atoms with Crippen molar-refractivity contribution in [2.24, 2.45) is 5.41 Å². The summed E-state index contributed by atoms with van der Waals surface area (Å²) in [7, 11) is 0. The van der Waals surface area contributed by atoms with E-state index in [-0.39, 0.29) is 5.41 Å². The van der Waals surface area contributed by atoms with Gasteiger partial charge in [0, 0.05) is 6.92 Å². The second-order valence-corrected chi connectivity index (χ2v) is 4.34. The molecule has 3 fully saturated rings. The van der Waals surface area contributed by atoms with Gasteiger partial charge in [-0.1, -0.05) is 6.92 Å². The maximum absolute atomic E-state index is 12.9. The van der Waals surface area contributed by atoms with Gasteiger partial charge in [-0.05, 0) is 18.3 Å². The van der Waals surface area contributed by atoms with E-state index < -0.39 is 11.5 Å². The molecule has 2 bridgehead atoms. The topological polar surface area (TPSA) is 9.23 Å². The molecule has 0 unspecified atom stereocenters. The first-order valence-corrected chi connectivity index (χ1v) is 3.89. The first-order valence-electron chi connectivity index (χ1n) is 3.89. The van der Waals surface area contributed by atoms with Crippen LogP contribution in [0.25, 0.3) is 0 Å². The van der Waals surface area contributed by atoms with Crippen molar-refractivity contribution in [1.82, 2.24) is 0 Å². The molecule has 0 aromatic carbocycles. The van der Waals surface area contributed by atoms with Gasteiger partial charge in [-0.3, -0.25) is 0 Å². The molecule has 0 atom stereocenters. The van der Waals surface area contributed by atoms with Gasteiger partial charge in [0.25, 0.3) is 5.92 Å². The first kappa shape index (κ1) is 7.47. The fraction of sp³-hybridized carbons (Fsp3) is 1.00. The summed E-state index contributed by atoms with van der Waals surface area (Å²) in [6.07, 6.45) is 1.06. The SMILES string of the molecule is CC12COC(C(C)(F)F)(C1)C2. The molecule has 1 aliphatic carbocycles. The molecule has 0 spiro atoms. The summed E-state index contributed by atoms with van der Waals surface area (Å²) >= 11 is 0. The Labute approximate surface area is 64.7 Å². The summed E-state index contributed by atoms with van der Waals surface area (Å²) in [6, 6.07) is 0. The van der Waals surface area contributed by atoms with Crippen molar-refractivity contribution < 1.29 is 13.5 Å². The van der Waals surface area contributed by atoms with Crippen LogP contribution in [0.15, 0.2) is 0 Å². The van der Waals surface area contributed by atoms with Crippen molar-refractivity contribution in [2.75, 3.05) is 6.61 Å². The van der Waals surface area contributed by atoms with E-state index in [1.165, 1.54) is 0 Å². The number of ether oxygens (including phenoxy) is 1. The normalized spacial score (nSPS) is 49.1. The number of hydrogen-bond donors (Lipinski definition) is 0. The molecule has 64 valence electrons. The van der Waals surface area contributed by atoms with Crippen LogP contribution in [0.5, 0.6) is 0 Å². The Morgan fingerprint density at radius 3 is 2.09 bits per heavy atom. The van der Waals surface area contributed by atoms with E-state index in [0.717, 1.165) is 6.92 Å². The van der Waals surface area contributed by atoms with Crippen LogP contribution >= 0.6 is 0 Å². The van der Waals surface area contributed by atoms with E-state index in [9.17, 15) is 8.78 Å². The van der Waals surface area contributed by atoms with Crippen molar-refractivity contribution in [3.8, 4) is 0 Å². The summed E-state index contributed by atoms with van der Waals surface area (Å²) in [6.45, 7) is 3.47. The second kappa shape index (κ2) is 1.60. The average Bonchev–Trinajstić information content (AvgIpc) is 2.16. The number of halogens is 2. The lowest BCUT2D eigenvalue weighted by molar-refractivity contribution is -0.193. The van der Waals surface area contributed by atoms with Crippen LogP contribution in [0.2, 0.25) is 0 Å². The van der Waals surface area contributed by atoms with Gasteiger partial charge in [0.05, 0.1) is 6.61 Å². The summed E-state index contributed by atoms with van der Waals surface area (Å²) in [5.41, 5.74) is -1.04. The van der Waals surface area contributed by atoms with Crippen LogP contribution in [0.1, 0.15) is 26.7 Å². The van der Waals surface area contributed by atoms with Crippen molar-refractivity contribution in [3.63, 3.8) is 0 Å². The molecule has 1 nitrogen and oxygen atoms in total. The van der Waals surface area contributed by atoms with Crippen LogP contribution in [0.3, 0.4) is 0 Å². The summed E-state index contributed by atoms with van der Waals surface area (Å²) in [5.74, 6) is -2.66. The molecule has 0 N–H and O–H groups in total. The quantitative estimate of drug-likeness (QED) is 0.574. The molecule has 11 heavy (non-hydrogen) atoms. The first-order chi connectivity index (χ1) is 4.87. The van der Waals surface area contributed by atoms with Gasteiger partial charge in [0.2, 0.25) is 0 Å². The minimum Gasteiger partial charge on any atom is -0.368 e. The van der Waals surface area contributed by atoms with Gasteiger partial charge in [0.1, 0.15) is 5.60 Å². The Morgan fingerprint density at radius 1 is 1.36 bits per heavy atom. The standard InChI is InChI=1S/C8H12F2O/c1-6-3-8(4-6,11-5-6)7(2,9)10/h3-5H2,1-2H3. The minimum absolute atomic E-state index is 0.0550. The van der Waals surface area contributed by atoms with Crippen LogP contribution < -0.4 is 0 Å². The fourth-order valence-electron chi connectivity index (χ4n) is 2.28. The van der Waals surface area contributed by atoms with Crippen LogP contribution in [0.4, 0.5) is 8.78 Å². The highest BCUT2D eigenvalue weighted by Gasteiger charge is 2.69. The molecule has 2 aliphatic heterocycles. The highest BCUT2D eigenvalue weighted by molar-refractivity contribution is 5.14. The van der Waals surface area contributed by atoms with Gasteiger partial charge in [-0.25, -0.2) is 8.78 Å². The monoisotopic (exact) mass is 162 g/mol. The molecule has 3 aliphatic rings. The van der Waals surface area contributed by atoms with Crippen LogP contribution in [0, 0.1) is 5.41 Å². The van der Waals surface area contributed by atoms with Gasteiger partial charge >= 0.3 is 0 Å². The molecule has 2 heterocycles. The number of fused-ring (bicyclic) bond motifs is 1. The number of alkyl halides is 2. The summed E-state index contributed by atoms with van der Waals surface area (Å²) in [5, 5.41) is 0. The number of rotatable bonds is 1. The van der Waals surface area contributed by atoms with Crippen molar-refractivity contribution in [1.29, 1.82) is 0 Å². The molecule has 0 radical (unpaired) electrons. The van der Waals surface area contributed by atoms with Gasteiger partial charge < -0.3 is 4.74 Å². The Bertz CT molecular complexity index is 189. The lowest BCUT2D eigenvalue weighted by Gasteiger charge is -2.45. The predicted octanol–water partition coefficient (Wildman–Crippen LogP) is 2.21. The molecular formula is C8H12F2O. The lowest BCUT2D eigenvalue weighted by Crippen LogP contribution is -2.54. The largest absolute Gasteiger partial charge is 0.368 e. The number of hydrogen-bond acceptors (Lipinski definition) is 1. The minimum atomic E-state index is -2.66. The maximum atomic E-state index is 12.9. The highest BCUT2D eigenvalue weighted by Crippen LogP contribution is 2.62.